The van der Waals surface area contributed by atoms with Gasteiger partial charge in [-0.1, -0.05) is 20.8 Å². The number of Topliss-reactive ketones (excluding diaryl/α,β-unsaturated/α-hetero) is 1. The second-order valence-corrected chi connectivity index (χ2v) is 7.43. The first-order valence-corrected chi connectivity index (χ1v) is 8.01. The summed E-state index contributed by atoms with van der Waals surface area (Å²) in [7, 11) is 0. The van der Waals surface area contributed by atoms with Crippen LogP contribution in [0.25, 0.3) is 0 Å². The number of amides is 1. The summed E-state index contributed by atoms with van der Waals surface area (Å²) in [6, 6.07) is 5.72. The fourth-order valence-electron chi connectivity index (χ4n) is 4.29. The summed E-state index contributed by atoms with van der Waals surface area (Å²) in [5.74, 6) is -0.931. The lowest BCUT2D eigenvalue weighted by molar-refractivity contribution is -0.384. The Bertz CT molecular complexity index is 814. The van der Waals surface area contributed by atoms with E-state index in [-0.39, 0.29) is 11.5 Å². The van der Waals surface area contributed by atoms with Gasteiger partial charge in [0.15, 0.2) is 5.78 Å². The van der Waals surface area contributed by atoms with Gasteiger partial charge in [0.05, 0.1) is 10.6 Å². The zero-order chi connectivity index (χ0) is 18.6. The molecular formula is C17H20N4O4. The van der Waals surface area contributed by atoms with Gasteiger partial charge >= 0.3 is 0 Å². The number of nitrogens with zero attached hydrogens (tertiary/aromatic N) is 2. The van der Waals surface area contributed by atoms with Crippen LogP contribution >= 0.6 is 0 Å². The fraction of sp³-hybridized carbons (Fsp3) is 0.471. The first kappa shape index (κ1) is 17.1. The summed E-state index contributed by atoms with van der Waals surface area (Å²) in [6.07, 6.45) is 1.08. The van der Waals surface area contributed by atoms with E-state index >= 15 is 0 Å². The number of hydrazone groups is 1. The molecule has 2 saturated carbocycles. The Hall–Kier alpha value is -2.77. The van der Waals surface area contributed by atoms with Gasteiger partial charge in [-0.15, -0.1) is 0 Å². The van der Waals surface area contributed by atoms with Crippen LogP contribution in [0.4, 0.5) is 11.4 Å². The first-order chi connectivity index (χ1) is 11.6. The molecule has 2 atom stereocenters. The number of primary amides is 1. The molecule has 3 rings (SSSR count). The number of nitrogens with two attached hydrogens (primary N) is 1. The number of carbonyl (C=O) groups excluding carboxylic acids is 2. The maximum Gasteiger partial charge on any atom is 0.269 e. The minimum Gasteiger partial charge on any atom is -0.369 e. The lowest BCUT2D eigenvalue weighted by atomic mass is 9.64. The lowest BCUT2D eigenvalue weighted by Crippen LogP contribution is -2.48. The third-order valence-corrected chi connectivity index (χ3v) is 6.37. The van der Waals surface area contributed by atoms with Gasteiger partial charge in [-0.25, -0.2) is 0 Å². The van der Waals surface area contributed by atoms with Crippen molar-refractivity contribution >= 4 is 28.8 Å². The number of nitro groups is 1. The third kappa shape index (κ3) is 1.96. The number of hydrogen-bond donors (Lipinski definition) is 2. The molecule has 2 bridgehead atoms. The molecule has 1 amide bonds. The van der Waals surface area contributed by atoms with Crippen molar-refractivity contribution < 1.29 is 14.5 Å². The molecule has 2 fully saturated rings. The Kier molecular flexibility index (Phi) is 3.49. The Morgan fingerprint density at radius 3 is 2.32 bits per heavy atom. The van der Waals surface area contributed by atoms with Crippen LogP contribution in [0, 0.1) is 26.4 Å². The van der Waals surface area contributed by atoms with E-state index in [1.54, 1.807) is 0 Å². The van der Waals surface area contributed by atoms with Crippen molar-refractivity contribution in [3.63, 3.8) is 0 Å². The average Bonchev–Trinajstić information content (AvgIpc) is 2.82. The molecule has 0 aromatic heterocycles. The Morgan fingerprint density at radius 1 is 1.24 bits per heavy atom. The molecule has 2 unspecified atom stereocenters. The van der Waals surface area contributed by atoms with Crippen LogP contribution in [0.2, 0.25) is 0 Å². The van der Waals surface area contributed by atoms with Gasteiger partial charge in [-0.05, 0) is 30.4 Å². The summed E-state index contributed by atoms with van der Waals surface area (Å²) in [5.41, 5.74) is 6.77. The minimum absolute atomic E-state index is 0.0324. The van der Waals surface area contributed by atoms with Gasteiger partial charge in [0.2, 0.25) is 5.91 Å². The maximum atomic E-state index is 13.0. The van der Waals surface area contributed by atoms with Gasteiger partial charge in [0, 0.05) is 17.5 Å². The number of rotatable bonds is 4. The summed E-state index contributed by atoms with van der Waals surface area (Å²) < 4.78 is 0. The number of anilines is 1. The molecule has 8 heteroatoms. The molecule has 0 saturated heterocycles. The van der Waals surface area contributed by atoms with E-state index in [2.05, 4.69) is 10.5 Å². The summed E-state index contributed by atoms with van der Waals surface area (Å²) in [6.45, 7) is 5.70. The predicted octanol–water partition coefficient (Wildman–Crippen LogP) is 2.24. The molecular weight excluding hydrogens is 324 g/mol. The van der Waals surface area contributed by atoms with E-state index < -0.39 is 27.1 Å². The molecule has 0 radical (unpaired) electrons. The van der Waals surface area contributed by atoms with Gasteiger partial charge in [0.25, 0.3) is 5.69 Å². The van der Waals surface area contributed by atoms with Crippen LogP contribution in [0.15, 0.2) is 29.4 Å². The SMILES string of the molecule is CC12CCC(C(N)=O)(C(=O)C1=NNc1ccc([N+](=O)[O-])cc1)C2(C)C. The van der Waals surface area contributed by atoms with Crippen LogP contribution in [0.1, 0.15) is 33.6 Å². The second-order valence-electron chi connectivity index (χ2n) is 7.43. The number of ketones is 1. The van der Waals surface area contributed by atoms with E-state index in [0.717, 1.165) is 0 Å². The molecule has 1 aromatic carbocycles. The molecule has 2 aliphatic carbocycles. The topological polar surface area (TPSA) is 128 Å². The molecule has 2 aliphatic rings. The smallest absolute Gasteiger partial charge is 0.269 e. The highest BCUT2D eigenvalue weighted by atomic mass is 16.6. The van der Waals surface area contributed by atoms with Crippen LogP contribution < -0.4 is 11.2 Å². The minimum atomic E-state index is -1.22. The Labute approximate surface area is 144 Å². The van der Waals surface area contributed by atoms with Crippen molar-refractivity contribution in [3.05, 3.63) is 34.4 Å². The molecule has 0 spiro atoms. The molecule has 0 aliphatic heterocycles. The highest BCUT2D eigenvalue weighted by Crippen LogP contribution is 2.69. The molecule has 0 heterocycles. The molecule has 25 heavy (non-hydrogen) atoms. The predicted molar refractivity (Wildman–Crippen MR) is 91.9 cm³/mol. The zero-order valence-corrected chi connectivity index (χ0v) is 14.3. The van der Waals surface area contributed by atoms with E-state index in [1.807, 2.05) is 20.8 Å². The standard InChI is InChI=1S/C17H20N4O4/c1-15(2)16(3)8-9-17(15,14(18)23)13(22)12(16)20-19-10-4-6-11(7-5-10)21(24)25/h4-7,19H,8-9H2,1-3H3,(H2,18,23). The second kappa shape index (κ2) is 5.11. The number of benzene rings is 1. The van der Waals surface area contributed by atoms with Crippen molar-refractivity contribution in [3.8, 4) is 0 Å². The third-order valence-electron chi connectivity index (χ3n) is 6.37. The van der Waals surface area contributed by atoms with E-state index in [4.69, 9.17) is 5.73 Å². The van der Waals surface area contributed by atoms with Gasteiger partial charge < -0.3 is 5.73 Å². The highest BCUT2D eigenvalue weighted by molar-refractivity contribution is 6.50. The number of non-ortho nitro benzene ring substituents is 1. The fourth-order valence-corrected chi connectivity index (χ4v) is 4.29. The monoisotopic (exact) mass is 344 g/mol. The van der Waals surface area contributed by atoms with Gasteiger partial charge in [-0.3, -0.25) is 25.1 Å². The van der Waals surface area contributed by atoms with Gasteiger partial charge in [-0.2, -0.15) is 5.10 Å². The van der Waals surface area contributed by atoms with E-state index in [1.165, 1.54) is 24.3 Å². The molecule has 8 nitrogen and oxygen atoms in total. The van der Waals surface area contributed by atoms with Crippen LogP contribution in [-0.4, -0.2) is 22.3 Å². The van der Waals surface area contributed by atoms with Gasteiger partial charge in [0.1, 0.15) is 11.1 Å². The number of fused-ring (bicyclic) bond motifs is 2. The molecule has 132 valence electrons. The average molecular weight is 344 g/mol. The zero-order valence-electron chi connectivity index (χ0n) is 14.3. The highest BCUT2D eigenvalue weighted by Gasteiger charge is 2.76. The molecule has 3 N–H and O–H groups in total. The van der Waals surface area contributed by atoms with Crippen LogP contribution in [-0.2, 0) is 9.59 Å². The van der Waals surface area contributed by atoms with E-state index in [0.29, 0.717) is 24.2 Å². The van der Waals surface area contributed by atoms with Crippen molar-refractivity contribution in [2.75, 3.05) is 5.43 Å². The van der Waals surface area contributed by atoms with Crippen molar-refractivity contribution in [1.82, 2.24) is 0 Å². The number of nitrogens with one attached hydrogen (secondary N) is 1. The quantitative estimate of drug-likeness (QED) is 0.492. The number of hydrogen-bond acceptors (Lipinski definition) is 6. The summed E-state index contributed by atoms with van der Waals surface area (Å²) in [5, 5.41) is 15.0. The number of nitro benzene ring substituents is 1. The number of carbonyl (C=O) groups is 2. The summed E-state index contributed by atoms with van der Waals surface area (Å²) in [4.78, 5) is 35.3. The first-order valence-electron chi connectivity index (χ1n) is 8.01. The lowest BCUT2D eigenvalue weighted by Gasteiger charge is -2.36. The normalized spacial score (nSPS) is 31.3. The van der Waals surface area contributed by atoms with Crippen molar-refractivity contribution in [2.45, 2.75) is 33.6 Å². The van der Waals surface area contributed by atoms with Crippen molar-refractivity contribution in [2.24, 2.45) is 27.1 Å². The van der Waals surface area contributed by atoms with Crippen LogP contribution in [0.3, 0.4) is 0 Å². The maximum absolute atomic E-state index is 13.0. The summed E-state index contributed by atoms with van der Waals surface area (Å²) >= 11 is 0. The Morgan fingerprint density at radius 2 is 1.84 bits per heavy atom. The van der Waals surface area contributed by atoms with Crippen molar-refractivity contribution in [1.29, 1.82) is 0 Å². The Balaban J connectivity index is 1.95. The van der Waals surface area contributed by atoms with E-state index in [9.17, 15) is 19.7 Å². The van der Waals surface area contributed by atoms with Crippen LogP contribution in [0.5, 0.6) is 0 Å². The largest absolute Gasteiger partial charge is 0.369 e. The molecule has 1 aromatic rings.